The summed E-state index contributed by atoms with van der Waals surface area (Å²) in [5, 5.41) is 6.17. The molecule has 0 atom stereocenters. The monoisotopic (exact) mass is 390 g/mol. The van der Waals surface area contributed by atoms with Gasteiger partial charge in [-0.05, 0) is 42.8 Å². The van der Waals surface area contributed by atoms with Gasteiger partial charge >= 0.3 is 11.9 Å². The van der Waals surface area contributed by atoms with Crippen molar-refractivity contribution in [3.8, 4) is 0 Å². The van der Waals surface area contributed by atoms with E-state index >= 15 is 0 Å². The summed E-state index contributed by atoms with van der Waals surface area (Å²) in [4.78, 5) is 35.9. The van der Waals surface area contributed by atoms with Gasteiger partial charge in [-0.1, -0.05) is 17.7 Å². The summed E-state index contributed by atoms with van der Waals surface area (Å²) >= 11 is 6.06. The van der Waals surface area contributed by atoms with E-state index in [0.717, 1.165) is 5.56 Å². The van der Waals surface area contributed by atoms with E-state index in [2.05, 4.69) is 15.4 Å². The molecule has 1 amide bonds. The number of ether oxygens (including phenoxy) is 2. The molecule has 0 fully saturated rings. The van der Waals surface area contributed by atoms with E-state index in [1.54, 1.807) is 18.2 Å². The number of anilines is 2. The summed E-state index contributed by atoms with van der Waals surface area (Å²) in [5.41, 5.74) is 2.00. The van der Waals surface area contributed by atoms with E-state index in [1.165, 1.54) is 32.4 Å². The molecule has 0 bridgehead atoms. The Hall–Kier alpha value is -3.06. The lowest BCUT2D eigenvalue weighted by Gasteiger charge is -2.13. The highest BCUT2D eigenvalue weighted by Crippen LogP contribution is 2.23. The van der Waals surface area contributed by atoms with Crippen LogP contribution in [0.1, 0.15) is 26.3 Å². The largest absolute Gasteiger partial charge is 0.465 e. The van der Waals surface area contributed by atoms with Crippen molar-refractivity contribution in [1.29, 1.82) is 0 Å². The van der Waals surface area contributed by atoms with E-state index < -0.39 is 17.8 Å². The van der Waals surface area contributed by atoms with Gasteiger partial charge in [0.25, 0.3) is 0 Å². The highest BCUT2D eigenvalue weighted by Gasteiger charge is 2.17. The Morgan fingerprint density at radius 3 is 2.37 bits per heavy atom. The number of halogens is 1. The maximum absolute atomic E-state index is 12.3. The molecule has 2 aromatic carbocycles. The van der Waals surface area contributed by atoms with Crippen molar-refractivity contribution in [2.45, 2.75) is 6.92 Å². The SMILES string of the molecule is COC(=O)c1ccc(C(=O)OC)c(NC(=O)CNc2cccc(Cl)c2C)c1. The minimum Gasteiger partial charge on any atom is -0.465 e. The van der Waals surface area contributed by atoms with Crippen LogP contribution in [-0.4, -0.2) is 38.6 Å². The summed E-state index contributed by atoms with van der Waals surface area (Å²) in [5.74, 6) is -1.64. The molecule has 0 saturated carbocycles. The maximum atomic E-state index is 12.3. The number of methoxy groups -OCH3 is 2. The summed E-state index contributed by atoms with van der Waals surface area (Å²) in [7, 11) is 2.47. The first-order chi connectivity index (χ1) is 12.9. The zero-order valence-electron chi connectivity index (χ0n) is 15.1. The number of hydrogen-bond donors (Lipinski definition) is 2. The van der Waals surface area contributed by atoms with Gasteiger partial charge in [-0.3, -0.25) is 4.79 Å². The van der Waals surface area contributed by atoms with Crippen molar-refractivity contribution in [2.24, 2.45) is 0 Å². The molecule has 142 valence electrons. The zero-order valence-corrected chi connectivity index (χ0v) is 15.8. The summed E-state index contributed by atoms with van der Waals surface area (Å²) < 4.78 is 9.37. The third kappa shape index (κ3) is 4.98. The Bertz CT molecular complexity index is 882. The topological polar surface area (TPSA) is 93.7 Å². The number of carbonyl (C=O) groups excluding carboxylic acids is 3. The average Bonchev–Trinajstić information content (AvgIpc) is 2.67. The highest BCUT2D eigenvalue weighted by molar-refractivity contribution is 6.31. The van der Waals surface area contributed by atoms with Crippen LogP contribution in [0.15, 0.2) is 36.4 Å². The van der Waals surface area contributed by atoms with Crippen LogP contribution in [0, 0.1) is 6.92 Å². The van der Waals surface area contributed by atoms with Gasteiger partial charge in [0.1, 0.15) is 0 Å². The molecule has 0 radical (unpaired) electrons. The van der Waals surface area contributed by atoms with Gasteiger partial charge in [0.15, 0.2) is 0 Å². The fraction of sp³-hybridized carbons (Fsp3) is 0.211. The van der Waals surface area contributed by atoms with Gasteiger partial charge in [0, 0.05) is 10.7 Å². The minimum atomic E-state index is -0.639. The average molecular weight is 391 g/mol. The molecule has 7 nitrogen and oxygen atoms in total. The lowest BCUT2D eigenvalue weighted by atomic mass is 10.1. The number of amides is 1. The van der Waals surface area contributed by atoms with E-state index in [0.29, 0.717) is 10.7 Å². The molecule has 0 saturated heterocycles. The van der Waals surface area contributed by atoms with Crippen molar-refractivity contribution in [1.82, 2.24) is 0 Å². The van der Waals surface area contributed by atoms with Crippen LogP contribution in [0.3, 0.4) is 0 Å². The standard InChI is InChI=1S/C19H19ClN2O5/c1-11-14(20)5-4-6-15(11)21-10-17(23)22-16-9-12(18(24)26-2)7-8-13(16)19(25)27-3/h4-9,21H,10H2,1-3H3,(H,22,23). The fourth-order valence-electron chi connectivity index (χ4n) is 2.35. The van der Waals surface area contributed by atoms with Gasteiger partial charge in [-0.2, -0.15) is 0 Å². The molecule has 27 heavy (non-hydrogen) atoms. The van der Waals surface area contributed by atoms with Crippen LogP contribution in [0.5, 0.6) is 0 Å². The second-order valence-electron chi connectivity index (χ2n) is 5.56. The van der Waals surface area contributed by atoms with Gasteiger partial charge in [0.05, 0.1) is 37.6 Å². The highest BCUT2D eigenvalue weighted by atomic mass is 35.5. The predicted octanol–water partition coefficient (Wildman–Crippen LogP) is 3.27. The summed E-state index contributed by atoms with van der Waals surface area (Å²) in [6.45, 7) is 1.77. The van der Waals surface area contributed by atoms with Crippen LogP contribution in [0.4, 0.5) is 11.4 Å². The Balaban J connectivity index is 2.18. The molecular weight excluding hydrogens is 372 g/mol. The quantitative estimate of drug-likeness (QED) is 0.735. The third-order valence-electron chi connectivity index (χ3n) is 3.83. The molecule has 0 aliphatic carbocycles. The van der Waals surface area contributed by atoms with E-state index in [9.17, 15) is 14.4 Å². The Morgan fingerprint density at radius 1 is 1.00 bits per heavy atom. The molecule has 0 heterocycles. The number of carbonyl (C=O) groups is 3. The maximum Gasteiger partial charge on any atom is 0.339 e. The van der Waals surface area contributed by atoms with Crippen molar-refractivity contribution in [3.63, 3.8) is 0 Å². The first-order valence-corrected chi connectivity index (χ1v) is 8.34. The Kier molecular flexibility index (Phi) is 6.79. The number of nitrogens with one attached hydrogen (secondary N) is 2. The Morgan fingerprint density at radius 2 is 1.70 bits per heavy atom. The van der Waals surface area contributed by atoms with Crippen LogP contribution >= 0.6 is 11.6 Å². The first kappa shape index (κ1) is 20.3. The molecular formula is C19H19ClN2O5. The first-order valence-electron chi connectivity index (χ1n) is 7.97. The van der Waals surface area contributed by atoms with Crippen LogP contribution in [0.25, 0.3) is 0 Å². The summed E-state index contributed by atoms with van der Waals surface area (Å²) in [6.07, 6.45) is 0. The van der Waals surface area contributed by atoms with E-state index in [-0.39, 0.29) is 23.4 Å². The van der Waals surface area contributed by atoms with Crippen LogP contribution in [-0.2, 0) is 14.3 Å². The third-order valence-corrected chi connectivity index (χ3v) is 4.24. The molecule has 2 rings (SSSR count). The van der Waals surface area contributed by atoms with Crippen molar-refractivity contribution in [3.05, 3.63) is 58.1 Å². The molecule has 0 spiro atoms. The normalized spacial score (nSPS) is 10.1. The lowest BCUT2D eigenvalue weighted by Crippen LogP contribution is -2.23. The van der Waals surface area contributed by atoms with Gasteiger partial charge in [-0.15, -0.1) is 0 Å². The predicted molar refractivity (Wildman–Crippen MR) is 102 cm³/mol. The van der Waals surface area contributed by atoms with Crippen molar-refractivity contribution >= 4 is 40.8 Å². The molecule has 2 N–H and O–H groups in total. The number of rotatable bonds is 6. The molecule has 0 aliphatic heterocycles. The second-order valence-corrected chi connectivity index (χ2v) is 5.96. The number of benzene rings is 2. The molecule has 0 aliphatic rings. The molecule has 8 heteroatoms. The second kappa shape index (κ2) is 9.05. The zero-order chi connectivity index (χ0) is 20.0. The van der Waals surface area contributed by atoms with Crippen LogP contribution < -0.4 is 10.6 Å². The van der Waals surface area contributed by atoms with E-state index in [1.807, 2.05) is 6.92 Å². The molecule has 2 aromatic rings. The smallest absolute Gasteiger partial charge is 0.339 e. The van der Waals surface area contributed by atoms with Crippen molar-refractivity contribution < 1.29 is 23.9 Å². The molecule has 0 unspecified atom stereocenters. The minimum absolute atomic E-state index is 0.0652. The van der Waals surface area contributed by atoms with Crippen molar-refractivity contribution in [2.75, 3.05) is 31.4 Å². The number of hydrogen-bond acceptors (Lipinski definition) is 6. The summed E-state index contributed by atoms with van der Waals surface area (Å²) in [6, 6.07) is 9.49. The van der Waals surface area contributed by atoms with Gasteiger partial charge in [-0.25, -0.2) is 9.59 Å². The van der Waals surface area contributed by atoms with Crippen LogP contribution in [0.2, 0.25) is 5.02 Å². The number of esters is 2. The van der Waals surface area contributed by atoms with E-state index in [4.69, 9.17) is 16.3 Å². The molecule has 0 aromatic heterocycles. The van der Waals surface area contributed by atoms with Gasteiger partial charge < -0.3 is 20.1 Å². The lowest BCUT2D eigenvalue weighted by molar-refractivity contribution is -0.114. The van der Waals surface area contributed by atoms with Gasteiger partial charge in [0.2, 0.25) is 5.91 Å². The fourth-order valence-corrected chi connectivity index (χ4v) is 2.52. The Labute approximate surface area is 161 Å².